The topological polar surface area (TPSA) is 46.1 Å². The second-order valence-corrected chi connectivity index (χ2v) is 5.02. The van der Waals surface area contributed by atoms with E-state index in [1.54, 1.807) is 12.4 Å². The fourth-order valence-electron chi connectivity index (χ4n) is 2.44. The van der Waals surface area contributed by atoms with Gasteiger partial charge in [-0.1, -0.05) is 13.3 Å². The van der Waals surface area contributed by atoms with Crippen molar-refractivity contribution in [3.8, 4) is 0 Å². The van der Waals surface area contributed by atoms with Crippen molar-refractivity contribution in [3.05, 3.63) is 18.0 Å². The quantitative estimate of drug-likeness (QED) is 0.770. The van der Waals surface area contributed by atoms with Gasteiger partial charge in [0.2, 0.25) is 5.95 Å². The van der Waals surface area contributed by atoms with E-state index in [0.717, 1.165) is 25.0 Å². The molecule has 0 N–H and O–H groups in total. The van der Waals surface area contributed by atoms with E-state index in [4.69, 9.17) is 0 Å². The Bertz CT molecular complexity index is 402. The molecule has 18 heavy (non-hydrogen) atoms. The number of Topliss-reactive ketones (excluding diaryl/α,β-unsaturated/α-hetero) is 1. The molecular weight excluding hydrogens is 226 g/mol. The van der Waals surface area contributed by atoms with E-state index < -0.39 is 0 Å². The summed E-state index contributed by atoms with van der Waals surface area (Å²) in [5.41, 5.74) is 0.583. The molecule has 0 amide bonds. The number of anilines is 1. The molecule has 0 saturated carbocycles. The van der Waals surface area contributed by atoms with Gasteiger partial charge in [0.05, 0.1) is 5.56 Å². The lowest BCUT2D eigenvalue weighted by molar-refractivity contribution is 0.101. The van der Waals surface area contributed by atoms with Crippen LogP contribution in [0.3, 0.4) is 0 Å². The molecule has 1 aromatic heterocycles. The van der Waals surface area contributed by atoms with Crippen molar-refractivity contribution in [1.82, 2.24) is 9.97 Å². The van der Waals surface area contributed by atoms with E-state index in [9.17, 15) is 4.79 Å². The van der Waals surface area contributed by atoms with Gasteiger partial charge < -0.3 is 4.90 Å². The van der Waals surface area contributed by atoms with Crippen molar-refractivity contribution in [2.75, 3.05) is 18.0 Å². The Morgan fingerprint density at radius 2 is 2.06 bits per heavy atom. The van der Waals surface area contributed by atoms with Gasteiger partial charge in [-0.25, -0.2) is 9.97 Å². The minimum Gasteiger partial charge on any atom is -0.341 e. The van der Waals surface area contributed by atoms with E-state index in [2.05, 4.69) is 21.8 Å². The molecule has 1 aliphatic heterocycles. The standard InChI is InChI=1S/C14H21N3O/c1-3-12-5-4-7-17(8-6-12)14-15-9-13(10-16-14)11(2)18/h9-10,12H,3-8H2,1-2H3. The third-order valence-electron chi connectivity index (χ3n) is 3.75. The van der Waals surface area contributed by atoms with Gasteiger partial charge in [-0.15, -0.1) is 0 Å². The molecular formula is C14H21N3O. The van der Waals surface area contributed by atoms with Gasteiger partial charge in [-0.3, -0.25) is 4.79 Å². The highest BCUT2D eigenvalue weighted by atomic mass is 16.1. The molecule has 1 saturated heterocycles. The van der Waals surface area contributed by atoms with Gasteiger partial charge >= 0.3 is 0 Å². The maximum absolute atomic E-state index is 11.2. The molecule has 1 aliphatic rings. The molecule has 0 spiro atoms. The first-order valence-corrected chi connectivity index (χ1v) is 6.78. The number of hydrogen-bond donors (Lipinski definition) is 0. The Labute approximate surface area is 108 Å². The number of carbonyl (C=O) groups excluding carboxylic acids is 1. The zero-order valence-corrected chi connectivity index (χ0v) is 11.2. The summed E-state index contributed by atoms with van der Waals surface area (Å²) in [6, 6.07) is 0. The first kappa shape index (κ1) is 13.0. The maximum atomic E-state index is 11.2. The van der Waals surface area contributed by atoms with Crippen LogP contribution in [0.2, 0.25) is 0 Å². The SMILES string of the molecule is CCC1CCCN(c2ncc(C(C)=O)cn2)CC1. The van der Waals surface area contributed by atoms with E-state index >= 15 is 0 Å². The molecule has 0 aliphatic carbocycles. The molecule has 1 unspecified atom stereocenters. The molecule has 1 aromatic rings. The average Bonchev–Trinajstić information content (AvgIpc) is 2.64. The number of aromatic nitrogens is 2. The normalized spacial score (nSPS) is 20.6. The minimum atomic E-state index is 0.0171. The molecule has 0 bridgehead atoms. The molecule has 4 nitrogen and oxygen atoms in total. The van der Waals surface area contributed by atoms with Crippen LogP contribution in [0, 0.1) is 5.92 Å². The van der Waals surface area contributed by atoms with Crippen LogP contribution < -0.4 is 4.90 Å². The maximum Gasteiger partial charge on any atom is 0.225 e. The minimum absolute atomic E-state index is 0.0171. The summed E-state index contributed by atoms with van der Waals surface area (Å²) >= 11 is 0. The van der Waals surface area contributed by atoms with Crippen molar-refractivity contribution in [3.63, 3.8) is 0 Å². The highest BCUT2D eigenvalue weighted by molar-refractivity contribution is 5.93. The first-order valence-electron chi connectivity index (χ1n) is 6.78. The number of nitrogens with zero attached hydrogens (tertiary/aromatic N) is 3. The largest absolute Gasteiger partial charge is 0.341 e. The third kappa shape index (κ3) is 3.06. The van der Waals surface area contributed by atoms with Crippen molar-refractivity contribution in [1.29, 1.82) is 0 Å². The molecule has 2 heterocycles. The van der Waals surface area contributed by atoms with Crippen molar-refractivity contribution in [2.45, 2.75) is 39.5 Å². The lowest BCUT2D eigenvalue weighted by Gasteiger charge is -2.20. The van der Waals surface area contributed by atoms with Gasteiger partial charge in [-0.05, 0) is 32.1 Å². The van der Waals surface area contributed by atoms with Crippen LogP contribution in [0.25, 0.3) is 0 Å². The predicted molar refractivity (Wildman–Crippen MR) is 71.9 cm³/mol. The Morgan fingerprint density at radius 1 is 1.33 bits per heavy atom. The Morgan fingerprint density at radius 3 is 2.67 bits per heavy atom. The Kier molecular flexibility index (Phi) is 4.28. The van der Waals surface area contributed by atoms with Crippen LogP contribution >= 0.6 is 0 Å². The molecule has 0 radical (unpaired) electrons. The number of rotatable bonds is 3. The Balaban J connectivity index is 2.04. The van der Waals surface area contributed by atoms with E-state index in [0.29, 0.717) is 5.56 Å². The Hall–Kier alpha value is -1.45. The second-order valence-electron chi connectivity index (χ2n) is 5.02. The van der Waals surface area contributed by atoms with Crippen LogP contribution in [0.15, 0.2) is 12.4 Å². The summed E-state index contributed by atoms with van der Waals surface area (Å²) in [6.45, 7) is 5.85. The second kappa shape index (κ2) is 5.94. The fourth-order valence-corrected chi connectivity index (χ4v) is 2.44. The van der Waals surface area contributed by atoms with Crippen molar-refractivity contribution >= 4 is 11.7 Å². The summed E-state index contributed by atoms with van der Waals surface area (Å²) in [6.07, 6.45) is 8.25. The van der Waals surface area contributed by atoms with Gasteiger partial charge in [0.25, 0.3) is 0 Å². The molecule has 98 valence electrons. The molecule has 2 rings (SSSR count). The van der Waals surface area contributed by atoms with Gasteiger partial charge in [0, 0.05) is 25.5 Å². The summed E-state index contributed by atoms with van der Waals surface area (Å²) in [4.78, 5) is 22.0. The lowest BCUT2D eigenvalue weighted by Crippen LogP contribution is -2.26. The number of ketones is 1. The average molecular weight is 247 g/mol. The molecule has 0 aromatic carbocycles. The summed E-state index contributed by atoms with van der Waals surface area (Å²) in [5.74, 6) is 1.62. The zero-order valence-electron chi connectivity index (χ0n) is 11.2. The van der Waals surface area contributed by atoms with E-state index in [1.165, 1.54) is 32.6 Å². The number of hydrogen-bond acceptors (Lipinski definition) is 4. The van der Waals surface area contributed by atoms with Crippen LogP contribution in [-0.2, 0) is 0 Å². The van der Waals surface area contributed by atoms with Crippen LogP contribution in [0.4, 0.5) is 5.95 Å². The summed E-state index contributed by atoms with van der Waals surface area (Å²) < 4.78 is 0. The molecule has 1 fully saturated rings. The predicted octanol–water partition coefficient (Wildman–Crippen LogP) is 2.70. The van der Waals surface area contributed by atoms with Crippen molar-refractivity contribution < 1.29 is 4.79 Å². The summed E-state index contributed by atoms with van der Waals surface area (Å²) in [5, 5.41) is 0. The highest BCUT2D eigenvalue weighted by Crippen LogP contribution is 2.22. The molecule has 4 heteroatoms. The van der Waals surface area contributed by atoms with Crippen LogP contribution in [0.1, 0.15) is 49.9 Å². The van der Waals surface area contributed by atoms with Gasteiger partial charge in [0.1, 0.15) is 0 Å². The van der Waals surface area contributed by atoms with Gasteiger partial charge in [-0.2, -0.15) is 0 Å². The first-order chi connectivity index (χ1) is 8.70. The van der Waals surface area contributed by atoms with Crippen LogP contribution in [0.5, 0.6) is 0 Å². The zero-order chi connectivity index (χ0) is 13.0. The number of carbonyl (C=O) groups is 1. The van der Waals surface area contributed by atoms with Crippen LogP contribution in [-0.4, -0.2) is 28.8 Å². The summed E-state index contributed by atoms with van der Waals surface area (Å²) in [7, 11) is 0. The lowest BCUT2D eigenvalue weighted by atomic mass is 9.98. The monoisotopic (exact) mass is 247 g/mol. The highest BCUT2D eigenvalue weighted by Gasteiger charge is 2.17. The van der Waals surface area contributed by atoms with Crippen molar-refractivity contribution in [2.24, 2.45) is 5.92 Å². The third-order valence-corrected chi connectivity index (χ3v) is 3.75. The molecule has 1 atom stereocenters. The van der Waals surface area contributed by atoms with Gasteiger partial charge in [0.15, 0.2) is 5.78 Å². The fraction of sp³-hybridized carbons (Fsp3) is 0.643. The van der Waals surface area contributed by atoms with E-state index in [1.807, 2.05) is 0 Å². The smallest absolute Gasteiger partial charge is 0.225 e. The van der Waals surface area contributed by atoms with E-state index in [-0.39, 0.29) is 5.78 Å².